The molecule has 68 heavy (non-hydrogen) atoms. The number of hydrogen-bond acceptors (Lipinski definition) is 6. The van der Waals surface area contributed by atoms with Crippen LogP contribution in [0.15, 0.2) is 182 Å². The van der Waals surface area contributed by atoms with Crippen molar-refractivity contribution in [3.8, 4) is 0 Å². The van der Waals surface area contributed by atoms with E-state index in [1.54, 1.807) is 0 Å². The smallest absolute Gasteiger partial charge is 0.306 e. The van der Waals surface area contributed by atoms with Crippen LogP contribution < -0.4 is 0 Å². The summed E-state index contributed by atoms with van der Waals surface area (Å²) in [5.74, 6) is -1.05. The Kier molecular flexibility index (Phi) is 49.7. The van der Waals surface area contributed by atoms with Crippen molar-refractivity contribution in [1.82, 2.24) is 0 Å². The van der Waals surface area contributed by atoms with Gasteiger partial charge in [-0.05, 0) is 89.9 Å². The molecule has 0 N–H and O–H groups in total. The van der Waals surface area contributed by atoms with Crippen LogP contribution >= 0.6 is 0 Å². The monoisotopic (exact) mass is 931 g/mol. The zero-order valence-electron chi connectivity index (χ0n) is 42.5. The third-order valence-corrected chi connectivity index (χ3v) is 9.96. The maximum atomic E-state index is 12.8. The number of allylic oxidation sites excluding steroid dienone is 30. The van der Waals surface area contributed by atoms with E-state index in [-0.39, 0.29) is 44.0 Å². The molecule has 0 aromatic carbocycles. The first-order valence-corrected chi connectivity index (χ1v) is 26.0. The molecule has 0 amide bonds. The van der Waals surface area contributed by atoms with E-state index in [2.05, 4.69) is 81.5 Å². The average Bonchev–Trinajstić information content (AvgIpc) is 3.34. The van der Waals surface area contributed by atoms with Gasteiger partial charge in [0.05, 0.1) is 0 Å². The number of esters is 3. The van der Waals surface area contributed by atoms with Crippen LogP contribution in [-0.2, 0) is 28.6 Å². The molecule has 6 nitrogen and oxygen atoms in total. The molecule has 0 heterocycles. The quantitative estimate of drug-likeness (QED) is 0.0199. The first kappa shape index (κ1) is 62.5. The molecule has 0 aromatic rings. The van der Waals surface area contributed by atoms with Gasteiger partial charge < -0.3 is 14.2 Å². The Hall–Kier alpha value is -5.49. The van der Waals surface area contributed by atoms with Crippen molar-refractivity contribution in [2.24, 2.45) is 0 Å². The number of carbonyl (C=O) groups is 3. The van der Waals surface area contributed by atoms with Crippen molar-refractivity contribution in [2.45, 2.75) is 175 Å². The molecular weight excluding hydrogens is 841 g/mol. The second kappa shape index (κ2) is 54.1. The zero-order chi connectivity index (χ0) is 49.3. The fourth-order valence-electron chi connectivity index (χ4n) is 6.16. The van der Waals surface area contributed by atoms with Gasteiger partial charge in [-0.15, -0.1) is 0 Å². The average molecular weight is 931 g/mol. The van der Waals surface area contributed by atoms with E-state index >= 15 is 0 Å². The molecule has 0 rings (SSSR count). The van der Waals surface area contributed by atoms with Gasteiger partial charge in [0.15, 0.2) is 6.10 Å². The summed E-state index contributed by atoms with van der Waals surface area (Å²) in [5.41, 5.74) is 0. The molecule has 374 valence electrons. The van der Waals surface area contributed by atoms with Crippen molar-refractivity contribution >= 4 is 17.9 Å². The van der Waals surface area contributed by atoms with E-state index in [9.17, 15) is 14.4 Å². The minimum Gasteiger partial charge on any atom is -0.462 e. The second-order valence-electron chi connectivity index (χ2n) is 16.2. The Bertz CT molecular complexity index is 1680. The summed E-state index contributed by atoms with van der Waals surface area (Å²) in [6, 6.07) is 0. The van der Waals surface area contributed by atoms with Crippen molar-refractivity contribution < 1.29 is 28.6 Å². The Morgan fingerprint density at radius 2 is 0.603 bits per heavy atom. The van der Waals surface area contributed by atoms with E-state index in [0.29, 0.717) is 19.3 Å². The first-order chi connectivity index (χ1) is 33.5. The van der Waals surface area contributed by atoms with Crippen molar-refractivity contribution in [3.63, 3.8) is 0 Å². The molecule has 0 radical (unpaired) electrons. The molecule has 1 unspecified atom stereocenters. The molecule has 0 aliphatic carbocycles. The van der Waals surface area contributed by atoms with E-state index < -0.39 is 6.10 Å². The maximum Gasteiger partial charge on any atom is 0.306 e. The van der Waals surface area contributed by atoms with Gasteiger partial charge in [0.2, 0.25) is 0 Å². The van der Waals surface area contributed by atoms with Crippen molar-refractivity contribution in [3.05, 3.63) is 182 Å². The lowest BCUT2D eigenvalue weighted by Crippen LogP contribution is -2.30. The highest BCUT2D eigenvalue weighted by Crippen LogP contribution is 2.12. The molecule has 0 bridgehead atoms. The van der Waals surface area contributed by atoms with Crippen LogP contribution in [-0.4, -0.2) is 37.2 Å². The first-order valence-electron chi connectivity index (χ1n) is 26.0. The van der Waals surface area contributed by atoms with Crippen LogP contribution in [0, 0.1) is 0 Å². The largest absolute Gasteiger partial charge is 0.462 e. The molecule has 6 heteroatoms. The van der Waals surface area contributed by atoms with E-state index in [4.69, 9.17) is 14.2 Å². The summed E-state index contributed by atoms with van der Waals surface area (Å²) >= 11 is 0. The van der Waals surface area contributed by atoms with Gasteiger partial charge in [0.25, 0.3) is 0 Å². The SMILES string of the molecule is CC\C=C/C=C\C=C/C=C\C=C\C=C/CCCCCC(=O)OCC(COC(=O)CCCCCCCC/C=C\C/C=C\C/C=C\CC)OC(=O)CCCCC\C=C/C=C/C=C\C=C/C=C\C=C/CC. The molecule has 0 spiro atoms. The van der Waals surface area contributed by atoms with Crippen LogP contribution in [0.4, 0.5) is 0 Å². The van der Waals surface area contributed by atoms with Crippen LogP contribution in [0.25, 0.3) is 0 Å². The number of ether oxygens (including phenoxy) is 3. The number of hydrogen-bond donors (Lipinski definition) is 0. The zero-order valence-corrected chi connectivity index (χ0v) is 42.5. The third-order valence-electron chi connectivity index (χ3n) is 9.96. The summed E-state index contributed by atoms with van der Waals surface area (Å²) < 4.78 is 16.7. The van der Waals surface area contributed by atoms with Crippen LogP contribution in [0.5, 0.6) is 0 Å². The molecule has 0 saturated heterocycles. The minimum absolute atomic E-state index is 0.129. The normalized spacial score (nSPS) is 13.6. The van der Waals surface area contributed by atoms with Gasteiger partial charge in [-0.1, -0.05) is 242 Å². The standard InChI is InChI=1S/C62H90O6/c1-4-7-10-13-16-19-22-25-28-31-34-37-40-43-46-49-52-55-61(64)67-58-59(57-66-60(63)54-51-48-45-42-39-36-33-30-27-24-21-18-15-12-9-6-3)68-62(65)56-53-50-47-44-41-38-35-32-29-26-23-20-17-14-11-8-5-2/h7-14,16-23,25-32,34-35,37-38,40-41,59H,4-6,15,24,33,36,39,42-58H2,1-3H3/b10-7-,11-8-,12-9-,16-13-,17-14-,21-18-,22-19-,23-20-,28-25-,29-26-,30-27-,34-31+,35-32+,40-37-,41-38-. The molecule has 1 atom stereocenters. The van der Waals surface area contributed by atoms with Crippen molar-refractivity contribution in [1.29, 1.82) is 0 Å². The molecular formula is C62H90O6. The summed E-state index contributed by atoms with van der Waals surface area (Å²) in [6.45, 7) is 6.11. The highest BCUT2D eigenvalue weighted by atomic mass is 16.6. The Balaban J connectivity index is 4.65. The second-order valence-corrected chi connectivity index (χ2v) is 16.2. The highest BCUT2D eigenvalue weighted by molar-refractivity contribution is 5.71. The van der Waals surface area contributed by atoms with Gasteiger partial charge in [-0.3, -0.25) is 14.4 Å². The molecule has 0 aliphatic rings. The van der Waals surface area contributed by atoms with Crippen LogP contribution in [0.2, 0.25) is 0 Å². The fourth-order valence-corrected chi connectivity index (χ4v) is 6.16. The lowest BCUT2D eigenvalue weighted by Gasteiger charge is -2.18. The van der Waals surface area contributed by atoms with Gasteiger partial charge >= 0.3 is 17.9 Å². The van der Waals surface area contributed by atoms with Gasteiger partial charge in [-0.2, -0.15) is 0 Å². The maximum absolute atomic E-state index is 12.8. The number of rotatable bonds is 43. The summed E-state index contributed by atoms with van der Waals surface area (Å²) in [6.07, 6.45) is 81.5. The van der Waals surface area contributed by atoms with E-state index in [1.165, 1.54) is 12.8 Å². The van der Waals surface area contributed by atoms with E-state index in [0.717, 1.165) is 103 Å². The lowest BCUT2D eigenvalue weighted by atomic mass is 10.1. The minimum atomic E-state index is -0.837. The highest BCUT2D eigenvalue weighted by Gasteiger charge is 2.19. The topological polar surface area (TPSA) is 78.9 Å². The van der Waals surface area contributed by atoms with Crippen molar-refractivity contribution in [2.75, 3.05) is 13.2 Å². The fraction of sp³-hybridized carbons (Fsp3) is 0.468. The molecule has 0 aromatic heterocycles. The molecule has 0 fully saturated rings. The predicted octanol–water partition coefficient (Wildman–Crippen LogP) is 17.4. The Morgan fingerprint density at radius 1 is 0.309 bits per heavy atom. The lowest BCUT2D eigenvalue weighted by molar-refractivity contribution is -0.167. The summed E-state index contributed by atoms with van der Waals surface area (Å²) in [5, 5.41) is 0. The summed E-state index contributed by atoms with van der Waals surface area (Å²) in [7, 11) is 0. The predicted molar refractivity (Wildman–Crippen MR) is 292 cm³/mol. The van der Waals surface area contributed by atoms with Gasteiger partial charge in [0.1, 0.15) is 13.2 Å². The number of unbranched alkanes of at least 4 members (excludes halogenated alkanes) is 12. The third kappa shape index (κ3) is 51.5. The van der Waals surface area contributed by atoms with Crippen LogP contribution in [0.1, 0.15) is 168 Å². The molecule has 0 saturated carbocycles. The van der Waals surface area contributed by atoms with Crippen LogP contribution in [0.3, 0.4) is 0 Å². The Morgan fingerprint density at radius 3 is 1.01 bits per heavy atom. The van der Waals surface area contributed by atoms with E-state index in [1.807, 2.05) is 122 Å². The van der Waals surface area contributed by atoms with Gasteiger partial charge in [-0.25, -0.2) is 0 Å². The van der Waals surface area contributed by atoms with Gasteiger partial charge in [0, 0.05) is 19.3 Å². The summed E-state index contributed by atoms with van der Waals surface area (Å²) in [4.78, 5) is 38.1. The Labute approximate surface area is 414 Å². The molecule has 0 aliphatic heterocycles. The number of carbonyl (C=O) groups excluding carboxylic acids is 3.